The Hall–Kier alpha value is -0.160. The quantitative estimate of drug-likeness (QED) is 0.483. The molecule has 0 fully saturated rings. The van der Waals surface area contributed by atoms with Crippen molar-refractivity contribution in [2.24, 2.45) is 0 Å². The minimum Gasteiger partial charge on any atom is -0.294 e. The summed E-state index contributed by atoms with van der Waals surface area (Å²) in [5.41, 5.74) is 0.836. The maximum absolute atomic E-state index is 11.5. The van der Waals surface area contributed by atoms with Crippen molar-refractivity contribution in [2.75, 3.05) is 13.2 Å². The maximum atomic E-state index is 11.5. The molecule has 1 rings (SSSR count). The molecule has 0 aromatic heterocycles. The van der Waals surface area contributed by atoms with Crippen molar-refractivity contribution in [3.8, 4) is 12.3 Å². The van der Waals surface area contributed by atoms with Crippen molar-refractivity contribution in [2.45, 2.75) is 0 Å². The van der Waals surface area contributed by atoms with Gasteiger partial charge in [-0.25, -0.2) is 0 Å². The SMILES string of the molecule is C#CC1=CSP(=O)(NC)C1. The Labute approximate surface area is 64.6 Å². The maximum Gasteiger partial charge on any atom is 0.209 e. The Kier molecular flexibility index (Phi) is 2.25. The number of allylic oxidation sites excluding steroid dienone is 1. The fourth-order valence-electron chi connectivity index (χ4n) is 0.659. The molecule has 1 aliphatic rings. The molecule has 0 radical (unpaired) electrons. The number of hydrogen-bond acceptors (Lipinski definition) is 2. The number of hydrogen-bond donors (Lipinski definition) is 1. The molecule has 0 amide bonds. The summed E-state index contributed by atoms with van der Waals surface area (Å²) < 4.78 is 11.5. The van der Waals surface area contributed by atoms with Crippen molar-refractivity contribution < 1.29 is 4.57 Å². The minimum atomic E-state index is -2.19. The summed E-state index contributed by atoms with van der Waals surface area (Å²) in [4.78, 5) is 0. The first-order valence-electron chi connectivity index (χ1n) is 2.82. The van der Waals surface area contributed by atoms with Crippen LogP contribution in [-0.2, 0) is 4.57 Å². The van der Waals surface area contributed by atoms with E-state index in [4.69, 9.17) is 6.42 Å². The van der Waals surface area contributed by atoms with Crippen molar-refractivity contribution in [3.05, 3.63) is 11.0 Å². The topological polar surface area (TPSA) is 29.1 Å². The van der Waals surface area contributed by atoms with Gasteiger partial charge in [-0.1, -0.05) is 17.3 Å². The van der Waals surface area contributed by atoms with Gasteiger partial charge in [0.2, 0.25) is 6.49 Å². The van der Waals surface area contributed by atoms with Crippen LogP contribution >= 0.6 is 17.9 Å². The number of nitrogens with one attached hydrogen (secondary N) is 1. The molecular formula is C6H8NOPS. The molecule has 0 saturated heterocycles. The average molecular weight is 173 g/mol. The molecule has 10 heavy (non-hydrogen) atoms. The third-order valence-corrected chi connectivity index (χ3v) is 5.71. The predicted octanol–water partition coefficient (Wildman–Crippen LogP) is 1.66. The first-order valence-corrected chi connectivity index (χ1v) is 6.20. The Morgan fingerprint density at radius 3 is 3.00 bits per heavy atom. The van der Waals surface area contributed by atoms with E-state index in [0.29, 0.717) is 6.16 Å². The van der Waals surface area contributed by atoms with Gasteiger partial charge in [-0.05, 0) is 12.5 Å². The lowest BCUT2D eigenvalue weighted by Gasteiger charge is -2.05. The van der Waals surface area contributed by atoms with Crippen LogP contribution in [0.2, 0.25) is 0 Å². The molecular weight excluding hydrogens is 165 g/mol. The largest absolute Gasteiger partial charge is 0.294 e. The van der Waals surface area contributed by atoms with Crippen molar-refractivity contribution in [3.63, 3.8) is 0 Å². The smallest absolute Gasteiger partial charge is 0.209 e. The Bertz CT molecular complexity index is 253. The average Bonchev–Trinajstić information content (AvgIpc) is 2.33. The monoisotopic (exact) mass is 173 g/mol. The zero-order valence-electron chi connectivity index (χ0n) is 5.63. The van der Waals surface area contributed by atoms with Crippen LogP contribution in [0.3, 0.4) is 0 Å². The van der Waals surface area contributed by atoms with Crippen LogP contribution in [0.5, 0.6) is 0 Å². The molecule has 1 unspecified atom stereocenters. The summed E-state index contributed by atoms with van der Waals surface area (Å²) in [5.74, 6) is 2.48. The molecule has 2 nitrogen and oxygen atoms in total. The molecule has 1 aliphatic heterocycles. The molecule has 0 bridgehead atoms. The van der Waals surface area contributed by atoms with Crippen LogP contribution < -0.4 is 5.09 Å². The first-order chi connectivity index (χ1) is 4.70. The van der Waals surface area contributed by atoms with Crippen molar-refractivity contribution >= 4 is 17.9 Å². The molecule has 54 valence electrons. The van der Waals surface area contributed by atoms with Crippen molar-refractivity contribution in [1.82, 2.24) is 5.09 Å². The standard InChI is InChI=1S/C6H8NOPS/c1-3-6-4-9(8,7-2)10-5-6/h1,5H,4H2,2H3,(H,7,8). The fraction of sp³-hybridized carbons (Fsp3) is 0.333. The lowest BCUT2D eigenvalue weighted by Crippen LogP contribution is -2.00. The number of terminal acetylenes is 1. The van der Waals surface area contributed by atoms with E-state index < -0.39 is 6.49 Å². The lowest BCUT2D eigenvalue weighted by molar-refractivity contribution is 0.582. The predicted molar refractivity (Wildman–Crippen MR) is 46.0 cm³/mol. The molecule has 0 aromatic carbocycles. The molecule has 0 aromatic rings. The summed E-state index contributed by atoms with van der Waals surface area (Å²) in [6.45, 7) is -2.19. The van der Waals surface area contributed by atoms with Gasteiger partial charge in [0.1, 0.15) is 0 Å². The Morgan fingerprint density at radius 2 is 2.70 bits per heavy atom. The van der Waals surface area contributed by atoms with E-state index in [1.807, 2.05) is 0 Å². The van der Waals surface area contributed by atoms with Gasteiger partial charge in [-0.2, -0.15) is 0 Å². The van der Waals surface area contributed by atoms with Gasteiger partial charge >= 0.3 is 0 Å². The summed E-state index contributed by atoms with van der Waals surface area (Å²) in [7, 11) is 1.70. The second-order valence-corrected chi connectivity index (χ2v) is 6.91. The van der Waals surface area contributed by atoms with E-state index in [1.54, 1.807) is 12.5 Å². The van der Waals surface area contributed by atoms with Crippen LogP contribution in [-0.4, -0.2) is 13.2 Å². The molecule has 0 saturated carbocycles. The second kappa shape index (κ2) is 2.84. The highest BCUT2D eigenvalue weighted by Crippen LogP contribution is 2.60. The Morgan fingerprint density at radius 1 is 2.00 bits per heavy atom. The molecule has 0 spiro atoms. The van der Waals surface area contributed by atoms with E-state index in [1.165, 1.54) is 11.4 Å². The fourth-order valence-corrected chi connectivity index (χ4v) is 4.05. The van der Waals surface area contributed by atoms with Crippen LogP contribution in [0.4, 0.5) is 0 Å². The van der Waals surface area contributed by atoms with Crippen LogP contribution in [0.15, 0.2) is 11.0 Å². The second-order valence-electron chi connectivity index (χ2n) is 1.95. The molecule has 4 heteroatoms. The van der Waals surface area contributed by atoms with Gasteiger partial charge in [-0.3, -0.25) is 9.65 Å². The molecule has 1 N–H and O–H groups in total. The van der Waals surface area contributed by atoms with Crippen LogP contribution in [0.25, 0.3) is 0 Å². The zero-order chi connectivity index (χ0) is 7.61. The van der Waals surface area contributed by atoms with Gasteiger partial charge in [0.25, 0.3) is 0 Å². The number of rotatable bonds is 1. The molecule has 1 atom stereocenters. The van der Waals surface area contributed by atoms with E-state index in [9.17, 15) is 4.57 Å². The van der Waals surface area contributed by atoms with Crippen LogP contribution in [0.1, 0.15) is 0 Å². The third kappa shape index (κ3) is 1.46. The lowest BCUT2D eigenvalue weighted by atomic mass is 10.4. The third-order valence-electron chi connectivity index (χ3n) is 1.27. The minimum absolute atomic E-state index is 0.519. The first kappa shape index (κ1) is 7.94. The highest BCUT2D eigenvalue weighted by atomic mass is 32.7. The Balaban J connectivity index is 2.70. The normalized spacial score (nSPS) is 31.4. The summed E-state index contributed by atoms with van der Waals surface area (Å²) in [5, 5.41) is 4.56. The van der Waals surface area contributed by atoms with E-state index in [-0.39, 0.29) is 0 Å². The summed E-state index contributed by atoms with van der Waals surface area (Å²) in [6, 6.07) is 0. The van der Waals surface area contributed by atoms with E-state index in [0.717, 1.165) is 5.57 Å². The van der Waals surface area contributed by atoms with Gasteiger partial charge < -0.3 is 0 Å². The van der Waals surface area contributed by atoms with Gasteiger partial charge in [0, 0.05) is 5.57 Å². The molecule has 0 aliphatic carbocycles. The zero-order valence-corrected chi connectivity index (χ0v) is 7.34. The van der Waals surface area contributed by atoms with Crippen molar-refractivity contribution in [1.29, 1.82) is 0 Å². The molecule has 1 heterocycles. The van der Waals surface area contributed by atoms with Gasteiger partial charge in [0.15, 0.2) is 0 Å². The highest BCUT2D eigenvalue weighted by molar-refractivity contribution is 8.59. The van der Waals surface area contributed by atoms with Crippen LogP contribution in [0, 0.1) is 12.3 Å². The highest BCUT2D eigenvalue weighted by Gasteiger charge is 2.26. The van der Waals surface area contributed by atoms with Gasteiger partial charge in [-0.15, -0.1) is 6.42 Å². The van der Waals surface area contributed by atoms with Gasteiger partial charge in [0.05, 0.1) is 6.16 Å². The summed E-state index contributed by atoms with van der Waals surface area (Å²) in [6.07, 6.45) is 5.65. The van der Waals surface area contributed by atoms with E-state index in [2.05, 4.69) is 11.0 Å². The van der Waals surface area contributed by atoms with E-state index >= 15 is 0 Å². The summed E-state index contributed by atoms with van der Waals surface area (Å²) >= 11 is 1.32.